The third-order valence-corrected chi connectivity index (χ3v) is 3.97. The number of aryl methyl sites for hydroxylation is 1. The Balaban J connectivity index is 1.83. The van der Waals surface area contributed by atoms with Crippen LogP contribution >= 0.6 is 23.8 Å². The van der Waals surface area contributed by atoms with E-state index in [1.54, 1.807) is 24.3 Å². The number of hydrazine groups is 1. The first-order chi connectivity index (χ1) is 11.6. The van der Waals surface area contributed by atoms with Gasteiger partial charge in [0.05, 0.1) is 10.6 Å². The molecule has 0 atom stereocenters. The lowest BCUT2D eigenvalue weighted by Crippen LogP contribution is -2.43. The number of unbranched alkanes of at least 4 members (excludes halogenated alkanes) is 1. The Morgan fingerprint density at radius 3 is 2.46 bits per heavy atom. The Hall–Kier alpha value is -2.11. The van der Waals surface area contributed by atoms with Gasteiger partial charge in [0, 0.05) is 5.69 Å². The highest BCUT2D eigenvalue weighted by molar-refractivity contribution is 7.80. The van der Waals surface area contributed by atoms with Gasteiger partial charge in [-0.3, -0.25) is 15.6 Å². The molecule has 0 saturated carbocycles. The first kappa shape index (κ1) is 18.2. The molecule has 2 aromatic rings. The number of hydrogen-bond acceptors (Lipinski definition) is 2. The highest BCUT2D eigenvalue weighted by Crippen LogP contribution is 2.14. The first-order valence-electron chi connectivity index (χ1n) is 7.81. The molecule has 0 unspecified atom stereocenters. The Morgan fingerprint density at radius 1 is 1.08 bits per heavy atom. The molecule has 0 spiro atoms. The molecule has 1 amide bonds. The van der Waals surface area contributed by atoms with Gasteiger partial charge in [0.15, 0.2) is 5.11 Å². The predicted molar refractivity (Wildman–Crippen MR) is 103 cm³/mol. The Kier molecular flexibility index (Phi) is 7.03. The molecule has 0 saturated heterocycles. The van der Waals surface area contributed by atoms with Crippen LogP contribution in [0.3, 0.4) is 0 Å². The van der Waals surface area contributed by atoms with Crippen LogP contribution in [-0.4, -0.2) is 11.0 Å². The molecule has 2 aromatic carbocycles. The van der Waals surface area contributed by atoms with Crippen molar-refractivity contribution in [1.29, 1.82) is 0 Å². The summed E-state index contributed by atoms with van der Waals surface area (Å²) in [6.45, 7) is 2.18. The largest absolute Gasteiger partial charge is 0.331 e. The Labute approximate surface area is 152 Å². The highest BCUT2D eigenvalue weighted by atomic mass is 35.5. The van der Waals surface area contributed by atoms with Gasteiger partial charge in [-0.25, -0.2) is 0 Å². The minimum Gasteiger partial charge on any atom is -0.331 e. The highest BCUT2D eigenvalue weighted by Gasteiger charge is 2.09. The van der Waals surface area contributed by atoms with Gasteiger partial charge in [-0.1, -0.05) is 49.2 Å². The number of nitrogens with one attached hydrogen (secondary N) is 3. The van der Waals surface area contributed by atoms with E-state index < -0.39 is 0 Å². The quantitative estimate of drug-likeness (QED) is 0.548. The number of hydrogen-bond donors (Lipinski definition) is 3. The molecule has 3 N–H and O–H groups in total. The molecule has 0 radical (unpaired) electrons. The maximum Gasteiger partial charge on any atom is 0.271 e. The molecule has 24 heavy (non-hydrogen) atoms. The number of rotatable bonds is 5. The zero-order valence-electron chi connectivity index (χ0n) is 13.4. The van der Waals surface area contributed by atoms with Crippen molar-refractivity contribution in [1.82, 2.24) is 10.9 Å². The topological polar surface area (TPSA) is 53.2 Å². The molecule has 0 heterocycles. The van der Waals surface area contributed by atoms with Crippen molar-refractivity contribution in [3.05, 3.63) is 64.7 Å². The van der Waals surface area contributed by atoms with Crippen LogP contribution < -0.4 is 16.2 Å². The second kappa shape index (κ2) is 9.25. The summed E-state index contributed by atoms with van der Waals surface area (Å²) < 4.78 is 0. The monoisotopic (exact) mass is 361 g/mol. The van der Waals surface area contributed by atoms with Crippen molar-refractivity contribution in [3.63, 3.8) is 0 Å². The fourth-order valence-electron chi connectivity index (χ4n) is 2.12. The fraction of sp³-hybridized carbons (Fsp3) is 0.222. The van der Waals surface area contributed by atoms with E-state index in [4.69, 9.17) is 23.8 Å². The lowest BCUT2D eigenvalue weighted by Gasteiger charge is -2.12. The number of carbonyl (C=O) groups excluding carboxylic acids is 1. The lowest BCUT2D eigenvalue weighted by atomic mass is 10.1. The van der Waals surface area contributed by atoms with Crippen LogP contribution in [0.2, 0.25) is 5.02 Å². The number of benzene rings is 2. The van der Waals surface area contributed by atoms with E-state index in [2.05, 4.69) is 35.2 Å². The van der Waals surface area contributed by atoms with E-state index in [1.807, 2.05) is 12.1 Å². The normalized spacial score (nSPS) is 10.1. The van der Waals surface area contributed by atoms with Gasteiger partial charge in [0.2, 0.25) is 0 Å². The molecule has 2 rings (SSSR count). The summed E-state index contributed by atoms with van der Waals surface area (Å²) in [5.41, 5.74) is 7.73. The van der Waals surface area contributed by atoms with Crippen LogP contribution in [0.1, 0.15) is 35.7 Å². The molecular weight excluding hydrogens is 342 g/mol. The fourth-order valence-corrected chi connectivity index (χ4v) is 2.51. The number of thiocarbonyl (C=S) groups is 1. The summed E-state index contributed by atoms with van der Waals surface area (Å²) in [6, 6.07) is 14.9. The zero-order valence-corrected chi connectivity index (χ0v) is 15.0. The van der Waals surface area contributed by atoms with Crippen molar-refractivity contribution >= 4 is 40.5 Å². The van der Waals surface area contributed by atoms with Crippen molar-refractivity contribution in [2.45, 2.75) is 26.2 Å². The third kappa shape index (κ3) is 5.51. The van der Waals surface area contributed by atoms with E-state index in [1.165, 1.54) is 18.4 Å². The van der Waals surface area contributed by atoms with Crippen molar-refractivity contribution in [2.24, 2.45) is 0 Å². The number of anilines is 1. The second-order valence-electron chi connectivity index (χ2n) is 5.31. The standard InChI is InChI=1S/C18H20ClN3OS/c1-2-3-6-13-9-11-14(12-10-13)20-18(24)22-21-17(23)15-7-4-5-8-16(15)19/h4-5,7-12H,2-3,6H2,1H3,(H,21,23)(H2,20,22,24). The van der Waals surface area contributed by atoms with Gasteiger partial charge in [0.25, 0.3) is 5.91 Å². The summed E-state index contributed by atoms with van der Waals surface area (Å²) >= 11 is 11.1. The first-order valence-corrected chi connectivity index (χ1v) is 8.59. The molecule has 4 nitrogen and oxygen atoms in total. The lowest BCUT2D eigenvalue weighted by molar-refractivity contribution is 0.0944. The summed E-state index contributed by atoms with van der Waals surface area (Å²) in [7, 11) is 0. The van der Waals surface area contributed by atoms with E-state index in [9.17, 15) is 4.79 Å². The minimum absolute atomic E-state index is 0.303. The van der Waals surface area contributed by atoms with Gasteiger partial charge in [-0.2, -0.15) is 0 Å². The summed E-state index contributed by atoms with van der Waals surface area (Å²) in [4.78, 5) is 12.0. The summed E-state index contributed by atoms with van der Waals surface area (Å²) in [5.74, 6) is -0.348. The number of amides is 1. The van der Waals surface area contributed by atoms with Crippen molar-refractivity contribution < 1.29 is 4.79 Å². The van der Waals surface area contributed by atoms with Gasteiger partial charge < -0.3 is 5.32 Å². The van der Waals surface area contributed by atoms with Crippen LogP contribution in [0.4, 0.5) is 5.69 Å². The Morgan fingerprint density at radius 2 is 1.79 bits per heavy atom. The summed E-state index contributed by atoms with van der Waals surface area (Å²) in [5, 5.41) is 3.71. The van der Waals surface area contributed by atoms with E-state index >= 15 is 0 Å². The maximum absolute atomic E-state index is 12.0. The van der Waals surface area contributed by atoms with E-state index in [0.717, 1.165) is 12.1 Å². The molecule has 6 heteroatoms. The van der Waals surface area contributed by atoms with Crippen LogP contribution in [0.15, 0.2) is 48.5 Å². The van der Waals surface area contributed by atoms with Crippen molar-refractivity contribution in [3.8, 4) is 0 Å². The molecule has 0 fully saturated rings. The Bertz CT molecular complexity index is 704. The van der Waals surface area contributed by atoms with E-state index in [-0.39, 0.29) is 5.91 Å². The van der Waals surface area contributed by atoms with Crippen LogP contribution in [0.25, 0.3) is 0 Å². The van der Waals surface area contributed by atoms with Crippen molar-refractivity contribution in [2.75, 3.05) is 5.32 Å². The number of halogens is 1. The molecule has 0 aliphatic rings. The maximum atomic E-state index is 12.0. The van der Waals surface area contributed by atoms with Gasteiger partial charge in [0.1, 0.15) is 0 Å². The summed E-state index contributed by atoms with van der Waals surface area (Å²) in [6.07, 6.45) is 3.44. The predicted octanol–water partition coefficient (Wildman–Crippen LogP) is 4.31. The van der Waals surface area contributed by atoms with Crippen LogP contribution in [0.5, 0.6) is 0 Å². The zero-order chi connectivity index (χ0) is 17.4. The van der Waals surface area contributed by atoms with Gasteiger partial charge in [-0.15, -0.1) is 0 Å². The van der Waals surface area contributed by atoms with Gasteiger partial charge >= 0.3 is 0 Å². The smallest absolute Gasteiger partial charge is 0.271 e. The SMILES string of the molecule is CCCCc1ccc(NC(=S)NNC(=O)c2ccccc2Cl)cc1. The van der Waals surface area contributed by atoms with E-state index in [0.29, 0.717) is 15.7 Å². The average Bonchev–Trinajstić information content (AvgIpc) is 2.59. The molecule has 0 aromatic heterocycles. The van der Waals surface area contributed by atoms with Gasteiger partial charge in [-0.05, 0) is 54.9 Å². The second-order valence-corrected chi connectivity index (χ2v) is 6.13. The van der Waals surface area contributed by atoms with Crippen LogP contribution in [-0.2, 0) is 6.42 Å². The molecule has 0 bridgehead atoms. The molecular formula is C18H20ClN3OS. The molecule has 0 aliphatic heterocycles. The molecule has 126 valence electrons. The minimum atomic E-state index is -0.348. The third-order valence-electron chi connectivity index (χ3n) is 3.44. The van der Waals surface area contributed by atoms with Crippen LogP contribution in [0, 0.1) is 0 Å². The molecule has 0 aliphatic carbocycles. The number of carbonyl (C=O) groups is 1. The average molecular weight is 362 g/mol.